The van der Waals surface area contributed by atoms with Crippen LogP contribution in [0.15, 0.2) is 40.3 Å². The Bertz CT molecular complexity index is 1200. The van der Waals surface area contributed by atoms with Gasteiger partial charge in [0.15, 0.2) is 5.16 Å². The standard InChI is InChI=1S/C24H28N4O3S2/c1-26-23(30)21-18-8-5-9-19(18)33-22(21)25-24(26)32-16-20(29)28-12-10-27(11-13-28)14-15-31-17-6-3-2-4-7-17/h2-4,6-7H,5,8-16H2,1H3. The SMILES string of the molecule is Cn1c(SCC(=O)N2CCN(CCOc3ccccc3)CC2)nc2sc3c(c2c1=O)CCC3. The second-order valence-electron chi connectivity index (χ2n) is 8.47. The number of aromatic nitrogens is 2. The molecule has 1 amide bonds. The lowest BCUT2D eigenvalue weighted by Crippen LogP contribution is -2.50. The zero-order valence-electron chi connectivity index (χ0n) is 18.8. The largest absolute Gasteiger partial charge is 0.492 e. The lowest BCUT2D eigenvalue weighted by atomic mass is 10.2. The van der Waals surface area contributed by atoms with Crippen molar-refractivity contribution in [3.8, 4) is 5.75 Å². The van der Waals surface area contributed by atoms with Crippen molar-refractivity contribution in [2.45, 2.75) is 24.4 Å². The van der Waals surface area contributed by atoms with Gasteiger partial charge in [-0.2, -0.15) is 0 Å². The summed E-state index contributed by atoms with van der Waals surface area (Å²) in [6.07, 6.45) is 3.14. The van der Waals surface area contributed by atoms with E-state index in [4.69, 9.17) is 9.72 Å². The molecule has 5 rings (SSSR count). The van der Waals surface area contributed by atoms with Crippen LogP contribution in [0.5, 0.6) is 5.75 Å². The van der Waals surface area contributed by atoms with Crippen LogP contribution < -0.4 is 10.3 Å². The summed E-state index contributed by atoms with van der Waals surface area (Å²) < 4.78 is 7.39. The van der Waals surface area contributed by atoms with Crippen molar-refractivity contribution in [1.29, 1.82) is 0 Å². The summed E-state index contributed by atoms with van der Waals surface area (Å²) in [5.74, 6) is 1.29. The molecule has 3 heterocycles. The molecule has 3 aromatic rings. The lowest BCUT2D eigenvalue weighted by molar-refractivity contribution is -0.130. The summed E-state index contributed by atoms with van der Waals surface area (Å²) >= 11 is 3.01. The molecule has 33 heavy (non-hydrogen) atoms. The van der Waals surface area contributed by atoms with Crippen LogP contribution in [0, 0.1) is 0 Å². The number of para-hydroxylation sites is 1. The Morgan fingerprint density at radius 2 is 1.94 bits per heavy atom. The Morgan fingerprint density at radius 3 is 2.73 bits per heavy atom. The van der Waals surface area contributed by atoms with Gasteiger partial charge in [-0.1, -0.05) is 30.0 Å². The minimum atomic E-state index is 0.0145. The van der Waals surface area contributed by atoms with Gasteiger partial charge in [-0.15, -0.1) is 11.3 Å². The van der Waals surface area contributed by atoms with E-state index in [1.54, 1.807) is 23.0 Å². The van der Waals surface area contributed by atoms with E-state index in [0.29, 0.717) is 30.6 Å². The summed E-state index contributed by atoms with van der Waals surface area (Å²) in [5, 5.41) is 1.41. The number of amides is 1. The molecule has 0 atom stereocenters. The third-order valence-electron chi connectivity index (χ3n) is 6.37. The highest BCUT2D eigenvalue weighted by Gasteiger charge is 2.24. The Hall–Kier alpha value is -2.36. The number of carbonyl (C=O) groups is 1. The van der Waals surface area contributed by atoms with Crippen molar-refractivity contribution < 1.29 is 9.53 Å². The molecule has 1 aliphatic carbocycles. The summed E-state index contributed by atoms with van der Waals surface area (Å²) in [5.41, 5.74) is 1.21. The van der Waals surface area contributed by atoms with Crippen LogP contribution in [0.2, 0.25) is 0 Å². The molecule has 1 saturated heterocycles. The average molecular weight is 485 g/mol. The third kappa shape index (κ3) is 4.81. The smallest absolute Gasteiger partial charge is 0.262 e. The normalized spacial score (nSPS) is 16.3. The summed E-state index contributed by atoms with van der Waals surface area (Å²) in [4.78, 5) is 36.8. The molecule has 0 N–H and O–H groups in total. The van der Waals surface area contributed by atoms with E-state index in [1.807, 2.05) is 35.2 Å². The number of fused-ring (bicyclic) bond motifs is 3. The number of benzene rings is 1. The van der Waals surface area contributed by atoms with E-state index in [-0.39, 0.29) is 11.5 Å². The fourth-order valence-corrected chi connectivity index (χ4v) is 6.66. The molecule has 1 fully saturated rings. The number of piperazine rings is 1. The molecule has 7 nitrogen and oxygen atoms in total. The molecular formula is C24H28N4O3S2. The Morgan fingerprint density at radius 1 is 1.15 bits per heavy atom. The molecule has 2 aliphatic rings. The minimum absolute atomic E-state index is 0.0145. The molecule has 0 unspecified atom stereocenters. The molecule has 2 aromatic heterocycles. The number of hydrogen-bond acceptors (Lipinski definition) is 7. The van der Waals surface area contributed by atoms with E-state index in [1.165, 1.54) is 22.2 Å². The number of aryl methyl sites for hydroxylation is 2. The molecule has 9 heteroatoms. The number of thioether (sulfide) groups is 1. The monoisotopic (exact) mass is 484 g/mol. The number of ether oxygens (including phenoxy) is 1. The van der Waals surface area contributed by atoms with Gasteiger partial charge < -0.3 is 9.64 Å². The lowest BCUT2D eigenvalue weighted by Gasteiger charge is -2.34. The summed E-state index contributed by atoms with van der Waals surface area (Å²) in [6, 6.07) is 9.83. The van der Waals surface area contributed by atoms with Gasteiger partial charge >= 0.3 is 0 Å². The highest BCUT2D eigenvalue weighted by molar-refractivity contribution is 7.99. The van der Waals surface area contributed by atoms with Crippen LogP contribution in [0.1, 0.15) is 16.9 Å². The van der Waals surface area contributed by atoms with E-state index in [2.05, 4.69) is 4.90 Å². The summed E-state index contributed by atoms with van der Waals surface area (Å²) in [7, 11) is 1.76. The van der Waals surface area contributed by atoms with Crippen molar-refractivity contribution in [3.63, 3.8) is 0 Å². The maximum atomic E-state index is 12.9. The van der Waals surface area contributed by atoms with Crippen LogP contribution in [-0.4, -0.2) is 70.3 Å². The van der Waals surface area contributed by atoms with E-state index >= 15 is 0 Å². The first kappa shape index (κ1) is 22.4. The Kier molecular flexibility index (Phi) is 6.71. The first-order valence-electron chi connectivity index (χ1n) is 11.4. The first-order chi connectivity index (χ1) is 16.1. The van der Waals surface area contributed by atoms with Gasteiger partial charge in [0.05, 0.1) is 11.1 Å². The van der Waals surface area contributed by atoms with Crippen molar-refractivity contribution in [2.24, 2.45) is 7.05 Å². The highest BCUT2D eigenvalue weighted by atomic mass is 32.2. The van der Waals surface area contributed by atoms with Gasteiger partial charge in [-0.05, 0) is 37.0 Å². The van der Waals surface area contributed by atoms with Crippen LogP contribution in [-0.2, 0) is 24.7 Å². The van der Waals surface area contributed by atoms with E-state index < -0.39 is 0 Å². The Balaban J connectivity index is 1.12. The second-order valence-corrected chi connectivity index (χ2v) is 10.5. The molecule has 0 spiro atoms. The van der Waals surface area contributed by atoms with Crippen molar-refractivity contribution in [1.82, 2.24) is 19.4 Å². The number of thiophene rings is 1. The van der Waals surface area contributed by atoms with Crippen LogP contribution in [0.25, 0.3) is 10.2 Å². The molecule has 1 aliphatic heterocycles. The number of carbonyl (C=O) groups excluding carboxylic acids is 1. The topological polar surface area (TPSA) is 67.7 Å². The maximum Gasteiger partial charge on any atom is 0.262 e. The minimum Gasteiger partial charge on any atom is -0.492 e. The predicted molar refractivity (Wildman–Crippen MR) is 133 cm³/mol. The van der Waals surface area contributed by atoms with Gasteiger partial charge in [0.25, 0.3) is 5.56 Å². The molecule has 0 saturated carbocycles. The Labute approximate surface area is 201 Å². The average Bonchev–Trinajstić information content (AvgIpc) is 3.42. The van der Waals surface area contributed by atoms with Crippen LogP contribution in [0.4, 0.5) is 0 Å². The quantitative estimate of drug-likeness (QED) is 0.380. The van der Waals surface area contributed by atoms with Crippen molar-refractivity contribution in [2.75, 3.05) is 45.1 Å². The van der Waals surface area contributed by atoms with Crippen LogP contribution in [0.3, 0.4) is 0 Å². The molecular weight excluding hydrogens is 456 g/mol. The zero-order valence-corrected chi connectivity index (χ0v) is 20.4. The molecule has 0 bridgehead atoms. The fraction of sp³-hybridized carbons (Fsp3) is 0.458. The van der Waals surface area contributed by atoms with Gasteiger partial charge in [-0.25, -0.2) is 4.98 Å². The molecule has 0 radical (unpaired) electrons. The number of hydrogen-bond donors (Lipinski definition) is 0. The fourth-order valence-electron chi connectivity index (χ4n) is 4.48. The second kappa shape index (κ2) is 9.87. The van der Waals surface area contributed by atoms with Gasteiger partial charge in [0.1, 0.15) is 17.2 Å². The van der Waals surface area contributed by atoms with E-state index in [0.717, 1.165) is 54.9 Å². The predicted octanol–water partition coefficient (Wildman–Crippen LogP) is 2.80. The van der Waals surface area contributed by atoms with Crippen molar-refractivity contribution >= 4 is 39.2 Å². The van der Waals surface area contributed by atoms with E-state index in [9.17, 15) is 9.59 Å². The zero-order chi connectivity index (χ0) is 22.8. The van der Waals surface area contributed by atoms with Crippen molar-refractivity contribution in [3.05, 3.63) is 51.1 Å². The van der Waals surface area contributed by atoms with Gasteiger partial charge in [0, 0.05) is 44.6 Å². The summed E-state index contributed by atoms with van der Waals surface area (Å²) in [6.45, 7) is 4.61. The molecule has 174 valence electrons. The highest BCUT2D eigenvalue weighted by Crippen LogP contribution is 2.35. The van der Waals surface area contributed by atoms with Gasteiger partial charge in [0.2, 0.25) is 5.91 Å². The van der Waals surface area contributed by atoms with Gasteiger partial charge in [-0.3, -0.25) is 19.1 Å². The first-order valence-corrected chi connectivity index (χ1v) is 13.2. The third-order valence-corrected chi connectivity index (χ3v) is 8.57. The molecule has 1 aromatic carbocycles. The maximum absolute atomic E-state index is 12.9. The number of rotatable bonds is 7. The van der Waals surface area contributed by atoms with Crippen LogP contribution >= 0.6 is 23.1 Å². The number of nitrogens with zero attached hydrogens (tertiary/aromatic N) is 4.